The van der Waals surface area contributed by atoms with Gasteiger partial charge < -0.3 is 14.4 Å². The predicted molar refractivity (Wildman–Crippen MR) is 80.8 cm³/mol. The Balaban J connectivity index is 1.90. The number of carbonyl (C=O) groups excluding carboxylic acids is 1. The highest BCUT2D eigenvalue weighted by Gasteiger charge is 2.43. The van der Waals surface area contributed by atoms with Gasteiger partial charge in [0.05, 0.1) is 11.8 Å². The smallest absolute Gasteiger partial charge is 0.311 e. The first-order chi connectivity index (χ1) is 10.5. The fraction of sp³-hybridized carbons (Fsp3) is 0.647. The molecule has 5 nitrogen and oxygen atoms in total. The number of carboxylic acids is 1. The molecule has 1 aromatic rings. The lowest BCUT2D eigenvalue weighted by atomic mass is 9.84. The molecule has 2 fully saturated rings. The summed E-state index contributed by atoms with van der Waals surface area (Å²) < 4.78 is 5.33. The van der Waals surface area contributed by atoms with E-state index < -0.39 is 5.97 Å². The van der Waals surface area contributed by atoms with Gasteiger partial charge in [0.2, 0.25) is 0 Å². The average Bonchev–Trinajstić information content (AvgIpc) is 2.97. The van der Waals surface area contributed by atoms with E-state index in [4.69, 9.17) is 9.52 Å². The number of hydrogen-bond donors (Lipinski definition) is 1. The molecule has 120 valence electrons. The van der Waals surface area contributed by atoms with Crippen molar-refractivity contribution in [3.63, 3.8) is 0 Å². The largest absolute Gasteiger partial charge is 0.481 e. The van der Waals surface area contributed by atoms with Crippen LogP contribution >= 0.6 is 0 Å². The van der Waals surface area contributed by atoms with Gasteiger partial charge >= 0.3 is 5.97 Å². The summed E-state index contributed by atoms with van der Waals surface area (Å²) in [5, 5.41) is 9.00. The zero-order chi connectivity index (χ0) is 15.9. The van der Waals surface area contributed by atoms with Crippen LogP contribution in [0.15, 0.2) is 10.7 Å². The lowest BCUT2D eigenvalue weighted by Gasteiger charge is -2.33. The van der Waals surface area contributed by atoms with Gasteiger partial charge in [0.25, 0.3) is 5.91 Å². The van der Waals surface area contributed by atoms with E-state index in [1.165, 1.54) is 25.5 Å². The van der Waals surface area contributed by atoms with Gasteiger partial charge in [0, 0.05) is 17.6 Å². The van der Waals surface area contributed by atoms with Crippen molar-refractivity contribution in [2.45, 2.75) is 64.5 Å². The molecule has 5 heteroatoms. The van der Waals surface area contributed by atoms with Crippen molar-refractivity contribution in [2.75, 3.05) is 0 Å². The van der Waals surface area contributed by atoms with E-state index >= 15 is 0 Å². The van der Waals surface area contributed by atoms with Crippen LogP contribution in [-0.2, 0) is 11.2 Å². The zero-order valence-electron chi connectivity index (χ0n) is 13.2. The minimum atomic E-state index is -0.978. The molecular weight excluding hydrogens is 282 g/mol. The van der Waals surface area contributed by atoms with Crippen LogP contribution in [0.25, 0.3) is 0 Å². The summed E-state index contributed by atoms with van der Waals surface area (Å²) >= 11 is 0. The lowest BCUT2D eigenvalue weighted by Crippen LogP contribution is -2.42. The highest BCUT2D eigenvalue weighted by Crippen LogP contribution is 2.40. The van der Waals surface area contributed by atoms with Gasteiger partial charge in [-0.2, -0.15) is 0 Å². The fourth-order valence-electron chi connectivity index (χ4n) is 4.24. The summed E-state index contributed by atoms with van der Waals surface area (Å²) in [4.78, 5) is 26.0. The van der Waals surface area contributed by atoms with Gasteiger partial charge in [-0.15, -0.1) is 0 Å². The first kappa shape index (κ1) is 15.1. The van der Waals surface area contributed by atoms with Crippen LogP contribution < -0.4 is 0 Å². The van der Waals surface area contributed by atoms with E-state index in [1.807, 2.05) is 4.90 Å². The van der Waals surface area contributed by atoms with Crippen molar-refractivity contribution in [2.24, 2.45) is 5.92 Å². The second-order valence-electron chi connectivity index (χ2n) is 6.70. The molecule has 1 aliphatic heterocycles. The van der Waals surface area contributed by atoms with Gasteiger partial charge in [-0.05, 0) is 39.0 Å². The zero-order valence-corrected chi connectivity index (χ0v) is 13.2. The minimum Gasteiger partial charge on any atom is -0.481 e. The van der Waals surface area contributed by atoms with Gasteiger partial charge in [0.15, 0.2) is 0 Å². The molecule has 22 heavy (non-hydrogen) atoms. The maximum atomic E-state index is 13.1. The number of nitrogens with zero attached hydrogens (tertiary/aromatic N) is 1. The molecule has 1 N–H and O–H groups in total. The van der Waals surface area contributed by atoms with Crippen LogP contribution in [0.4, 0.5) is 0 Å². The van der Waals surface area contributed by atoms with Crippen LogP contribution in [0, 0.1) is 12.8 Å². The van der Waals surface area contributed by atoms with Crippen molar-refractivity contribution in [3.8, 4) is 0 Å². The number of aliphatic carboxylic acids is 1. The van der Waals surface area contributed by atoms with E-state index in [1.54, 1.807) is 6.92 Å². The van der Waals surface area contributed by atoms with Crippen molar-refractivity contribution in [1.82, 2.24) is 4.90 Å². The molecule has 2 heterocycles. The maximum absolute atomic E-state index is 13.1. The third-order valence-corrected chi connectivity index (χ3v) is 5.16. The van der Waals surface area contributed by atoms with Gasteiger partial charge in [-0.1, -0.05) is 12.8 Å². The molecule has 0 bridgehead atoms. The van der Waals surface area contributed by atoms with E-state index in [0.717, 1.165) is 18.4 Å². The standard InChI is InChI=1S/C17H23NO4/c1-10-9-22-14(8-15(19)20)16(10)17(21)18-11(2)7-12-5-3-4-6-13(12)18/h9,11-13H,3-8H2,1-2H3,(H,19,20). The van der Waals surface area contributed by atoms with E-state index in [2.05, 4.69) is 6.92 Å². The number of rotatable bonds is 3. The Morgan fingerprint density at radius 2 is 2.09 bits per heavy atom. The first-order valence-electron chi connectivity index (χ1n) is 8.10. The Morgan fingerprint density at radius 1 is 1.36 bits per heavy atom. The Labute approximate surface area is 130 Å². The summed E-state index contributed by atoms with van der Waals surface area (Å²) in [5.41, 5.74) is 1.19. The van der Waals surface area contributed by atoms with E-state index in [-0.39, 0.29) is 24.1 Å². The predicted octanol–water partition coefficient (Wildman–Crippen LogP) is 3.01. The number of likely N-dealkylation sites (tertiary alicyclic amines) is 1. The number of aryl methyl sites for hydroxylation is 1. The number of carboxylic acid groups (broad SMARTS) is 1. The molecular formula is C17H23NO4. The second-order valence-corrected chi connectivity index (χ2v) is 6.70. The highest BCUT2D eigenvalue weighted by molar-refractivity contribution is 5.98. The van der Waals surface area contributed by atoms with Gasteiger partial charge in [-0.25, -0.2) is 0 Å². The number of furan rings is 1. The van der Waals surface area contributed by atoms with Crippen molar-refractivity contribution in [1.29, 1.82) is 0 Å². The molecule has 0 radical (unpaired) electrons. The van der Waals surface area contributed by atoms with E-state index in [9.17, 15) is 9.59 Å². The monoisotopic (exact) mass is 305 g/mol. The van der Waals surface area contributed by atoms with Crippen LogP contribution in [0.1, 0.15) is 60.7 Å². The van der Waals surface area contributed by atoms with Gasteiger partial charge in [-0.3, -0.25) is 9.59 Å². The number of carbonyl (C=O) groups is 2. The third-order valence-electron chi connectivity index (χ3n) is 5.16. The maximum Gasteiger partial charge on any atom is 0.311 e. The van der Waals surface area contributed by atoms with E-state index in [0.29, 0.717) is 17.5 Å². The summed E-state index contributed by atoms with van der Waals surface area (Å²) in [6.45, 7) is 3.91. The van der Waals surface area contributed by atoms with Crippen LogP contribution in [0.2, 0.25) is 0 Å². The molecule has 3 unspecified atom stereocenters. The Bertz CT molecular complexity index is 591. The summed E-state index contributed by atoms with van der Waals surface area (Å²) in [6.07, 6.45) is 6.99. The molecule has 3 atom stereocenters. The minimum absolute atomic E-state index is 0.0515. The van der Waals surface area contributed by atoms with Crippen molar-refractivity contribution >= 4 is 11.9 Å². The normalized spacial score (nSPS) is 27.7. The van der Waals surface area contributed by atoms with Crippen LogP contribution in [0.5, 0.6) is 0 Å². The molecule has 0 spiro atoms. The molecule has 1 saturated heterocycles. The molecule has 0 aromatic carbocycles. The fourth-order valence-corrected chi connectivity index (χ4v) is 4.24. The molecule has 1 aliphatic carbocycles. The average molecular weight is 305 g/mol. The van der Waals surface area contributed by atoms with Gasteiger partial charge in [0.1, 0.15) is 12.2 Å². The highest BCUT2D eigenvalue weighted by atomic mass is 16.4. The Hall–Kier alpha value is -1.78. The van der Waals surface area contributed by atoms with Crippen LogP contribution in [0.3, 0.4) is 0 Å². The molecule has 1 amide bonds. The summed E-state index contributed by atoms with van der Waals surface area (Å²) in [5.74, 6) is -0.151. The SMILES string of the molecule is Cc1coc(CC(=O)O)c1C(=O)N1C(C)CC2CCCCC21. The summed E-state index contributed by atoms with van der Waals surface area (Å²) in [6, 6.07) is 0.524. The van der Waals surface area contributed by atoms with Crippen molar-refractivity contribution in [3.05, 3.63) is 23.2 Å². The number of fused-ring (bicyclic) bond motifs is 1. The molecule has 1 aromatic heterocycles. The molecule has 1 saturated carbocycles. The van der Waals surface area contributed by atoms with Crippen molar-refractivity contribution < 1.29 is 19.1 Å². The molecule has 2 aliphatic rings. The van der Waals surface area contributed by atoms with Crippen LogP contribution in [-0.4, -0.2) is 34.0 Å². The quantitative estimate of drug-likeness (QED) is 0.932. The molecule has 3 rings (SSSR count). The number of amides is 1. The lowest BCUT2D eigenvalue weighted by molar-refractivity contribution is -0.136. The second kappa shape index (κ2) is 5.78. The number of hydrogen-bond acceptors (Lipinski definition) is 3. The topological polar surface area (TPSA) is 70.7 Å². The first-order valence-corrected chi connectivity index (χ1v) is 8.10. The Morgan fingerprint density at radius 3 is 2.82 bits per heavy atom. The Kier molecular flexibility index (Phi) is 3.98. The summed E-state index contributed by atoms with van der Waals surface area (Å²) in [7, 11) is 0. The third kappa shape index (κ3) is 2.53.